The lowest BCUT2D eigenvalue weighted by molar-refractivity contribution is -0.122. The standard InChI is InChI=1S/C15H25BrN2OS/c1-4-5-6-7-12(2)17-15(19)10-18(3)9-13-8-14(16)20-11-13/h8,11-12H,4-7,9-10H2,1-3H3,(H,17,19). The molecule has 0 aliphatic carbocycles. The van der Waals surface area contributed by atoms with Gasteiger partial charge in [0.1, 0.15) is 0 Å². The van der Waals surface area contributed by atoms with Crippen LogP contribution in [-0.2, 0) is 11.3 Å². The third kappa shape index (κ3) is 7.41. The van der Waals surface area contributed by atoms with E-state index in [9.17, 15) is 4.79 Å². The van der Waals surface area contributed by atoms with Crippen molar-refractivity contribution in [1.82, 2.24) is 10.2 Å². The number of rotatable bonds is 9. The van der Waals surface area contributed by atoms with Crippen LogP contribution in [0.1, 0.15) is 45.1 Å². The first-order valence-electron chi connectivity index (χ1n) is 7.22. The van der Waals surface area contributed by atoms with Crippen LogP contribution in [0.25, 0.3) is 0 Å². The molecule has 1 N–H and O–H groups in total. The van der Waals surface area contributed by atoms with Gasteiger partial charge in [-0.1, -0.05) is 26.2 Å². The van der Waals surface area contributed by atoms with Crippen molar-refractivity contribution in [2.24, 2.45) is 0 Å². The molecule has 1 rings (SSSR count). The lowest BCUT2D eigenvalue weighted by atomic mass is 10.1. The number of nitrogens with one attached hydrogen (secondary N) is 1. The quantitative estimate of drug-likeness (QED) is 0.674. The highest BCUT2D eigenvalue weighted by atomic mass is 79.9. The van der Waals surface area contributed by atoms with E-state index in [1.165, 1.54) is 24.8 Å². The van der Waals surface area contributed by atoms with Gasteiger partial charge in [0.15, 0.2) is 0 Å². The van der Waals surface area contributed by atoms with E-state index >= 15 is 0 Å². The number of halogens is 1. The molecule has 1 atom stereocenters. The molecule has 3 nitrogen and oxygen atoms in total. The molecule has 0 aromatic carbocycles. The molecule has 0 radical (unpaired) electrons. The minimum absolute atomic E-state index is 0.116. The van der Waals surface area contributed by atoms with Gasteiger partial charge in [-0.2, -0.15) is 0 Å². The van der Waals surface area contributed by atoms with Gasteiger partial charge in [0.05, 0.1) is 10.3 Å². The minimum atomic E-state index is 0.116. The molecule has 1 unspecified atom stereocenters. The molecular weight excluding hydrogens is 336 g/mol. The fraction of sp³-hybridized carbons (Fsp3) is 0.667. The van der Waals surface area contributed by atoms with Gasteiger partial charge in [0.2, 0.25) is 5.91 Å². The average molecular weight is 361 g/mol. The first-order chi connectivity index (χ1) is 9.51. The summed E-state index contributed by atoms with van der Waals surface area (Å²) in [5.74, 6) is 0.116. The lowest BCUT2D eigenvalue weighted by Crippen LogP contribution is -2.39. The average Bonchev–Trinajstić information content (AvgIpc) is 2.74. The molecule has 1 aromatic heterocycles. The Hall–Kier alpha value is -0.390. The van der Waals surface area contributed by atoms with E-state index in [1.54, 1.807) is 11.3 Å². The third-order valence-electron chi connectivity index (χ3n) is 3.14. The number of thiophene rings is 1. The summed E-state index contributed by atoms with van der Waals surface area (Å²) in [7, 11) is 1.98. The van der Waals surface area contributed by atoms with E-state index in [-0.39, 0.29) is 11.9 Å². The van der Waals surface area contributed by atoms with Crippen LogP contribution in [0.5, 0.6) is 0 Å². The normalized spacial score (nSPS) is 12.7. The highest BCUT2D eigenvalue weighted by Gasteiger charge is 2.10. The second-order valence-electron chi connectivity index (χ2n) is 5.40. The Kier molecular flexibility index (Phi) is 8.41. The van der Waals surface area contributed by atoms with Crippen LogP contribution in [0.2, 0.25) is 0 Å². The summed E-state index contributed by atoms with van der Waals surface area (Å²) in [6.07, 6.45) is 4.73. The van der Waals surface area contributed by atoms with E-state index in [4.69, 9.17) is 0 Å². The SMILES string of the molecule is CCCCCC(C)NC(=O)CN(C)Cc1csc(Br)c1. The molecule has 0 aliphatic heterocycles. The summed E-state index contributed by atoms with van der Waals surface area (Å²) >= 11 is 5.13. The van der Waals surface area contributed by atoms with Crippen LogP contribution in [-0.4, -0.2) is 30.4 Å². The fourth-order valence-electron chi connectivity index (χ4n) is 2.13. The molecule has 5 heteroatoms. The Morgan fingerprint density at radius 2 is 2.25 bits per heavy atom. The van der Waals surface area contributed by atoms with Gasteiger partial charge >= 0.3 is 0 Å². The first kappa shape index (κ1) is 17.7. The van der Waals surface area contributed by atoms with Crippen LogP contribution in [0.4, 0.5) is 0 Å². The van der Waals surface area contributed by atoms with Crippen LogP contribution in [0.3, 0.4) is 0 Å². The Labute approximate surface area is 134 Å². The van der Waals surface area contributed by atoms with E-state index in [2.05, 4.69) is 46.5 Å². The topological polar surface area (TPSA) is 32.3 Å². The summed E-state index contributed by atoms with van der Waals surface area (Å²) in [5.41, 5.74) is 1.24. The maximum Gasteiger partial charge on any atom is 0.234 e. The van der Waals surface area contributed by atoms with E-state index in [0.29, 0.717) is 6.54 Å². The Morgan fingerprint density at radius 3 is 2.85 bits per heavy atom. The zero-order chi connectivity index (χ0) is 15.0. The van der Waals surface area contributed by atoms with Gasteiger partial charge in [-0.15, -0.1) is 11.3 Å². The van der Waals surface area contributed by atoms with Crippen molar-refractivity contribution in [3.05, 3.63) is 20.8 Å². The number of hydrogen-bond acceptors (Lipinski definition) is 3. The molecule has 114 valence electrons. The Bertz CT molecular complexity index is 408. The highest BCUT2D eigenvalue weighted by molar-refractivity contribution is 9.11. The number of nitrogens with zero attached hydrogens (tertiary/aromatic N) is 1. The van der Waals surface area contributed by atoms with E-state index in [0.717, 1.165) is 16.8 Å². The summed E-state index contributed by atoms with van der Waals surface area (Å²) in [5, 5.41) is 5.19. The number of amides is 1. The molecule has 0 aliphatic rings. The van der Waals surface area contributed by atoms with Crippen molar-refractivity contribution in [3.8, 4) is 0 Å². The van der Waals surface area contributed by atoms with Crippen LogP contribution >= 0.6 is 27.3 Å². The second kappa shape index (κ2) is 9.53. The minimum Gasteiger partial charge on any atom is -0.353 e. The molecule has 0 spiro atoms. The zero-order valence-electron chi connectivity index (χ0n) is 12.6. The zero-order valence-corrected chi connectivity index (χ0v) is 15.0. The molecule has 0 bridgehead atoms. The number of carbonyl (C=O) groups excluding carboxylic acids is 1. The number of likely N-dealkylation sites (N-methyl/N-ethyl adjacent to an activating group) is 1. The van der Waals surface area contributed by atoms with Gasteiger partial charge < -0.3 is 5.32 Å². The summed E-state index contributed by atoms with van der Waals surface area (Å²) in [6.45, 7) is 5.54. The highest BCUT2D eigenvalue weighted by Crippen LogP contribution is 2.21. The summed E-state index contributed by atoms with van der Waals surface area (Å²) in [4.78, 5) is 14.0. The molecule has 20 heavy (non-hydrogen) atoms. The van der Waals surface area contributed by atoms with Crippen molar-refractivity contribution >= 4 is 33.2 Å². The lowest BCUT2D eigenvalue weighted by Gasteiger charge is -2.18. The molecule has 1 aromatic rings. The summed E-state index contributed by atoms with van der Waals surface area (Å²) < 4.78 is 1.13. The predicted octanol–water partition coefficient (Wildman–Crippen LogP) is 4.03. The van der Waals surface area contributed by atoms with Crippen molar-refractivity contribution in [1.29, 1.82) is 0 Å². The molecular formula is C15H25BrN2OS. The molecule has 1 heterocycles. The third-order valence-corrected chi connectivity index (χ3v) is 4.69. The maximum absolute atomic E-state index is 11.9. The van der Waals surface area contributed by atoms with Crippen LogP contribution < -0.4 is 5.32 Å². The van der Waals surface area contributed by atoms with Gasteiger partial charge in [0.25, 0.3) is 0 Å². The largest absolute Gasteiger partial charge is 0.353 e. The fourth-order valence-corrected chi connectivity index (χ4v) is 3.33. The predicted molar refractivity (Wildman–Crippen MR) is 90.1 cm³/mol. The van der Waals surface area contributed by atoms with Crippen molar-refractivity contribution in [2.45, 2.75) is 52.1 Å². The maximum atomic E-state index is 11.9. The van der Waals surface area contributed by atoms with Gasteiger partial charge in [-0.05, 0) is 53.3 Å². The molecule has 1 amide bonds. The molecule has 0 fully saturated rings. The molecule has 0 saturated carbocycles. The van der Waals surface area contributed by atoms with Gasteiger partial charge in [-0.25, -0.2) is 0 Å². The van der Waals surface area contributed by atoms with E-state index < -0.39 is 0 Å². The van der Waals surface area contributed by atoms with Gasteiger partial charge in [-0.3, -0.25) is 9.69 Å². The van der Waals surface area contributed by atoms with Crippen LogP contribution in [0, 0.1) is 0 Å². The number of unbranched alkanes of at least 4 members (excludes halogenated alkanes) is 2. The molecule has 0 saturated heterocycles. The van der Waals surface area contributed by atoms with Crippen LogP contribution in [0.15, 0.2) is 15.2 Å². The van der Waals surface area contributed by atoms with Gasteiger partial charge in [0, 0.05) is 12.6 Å². The summed E-state index contributed by atoms with van der Waals surface area (Å²) in [6, 6.07) is 2.38. The Morgan fingerprint density at radius 1 is 1.50 bits per heavy atom. The van der Waals surface area contributed by atoms with Crippen molar-refractivity contribution < 1.29 is 4.79 Å². The monoisotopic (exact) mass is 360 g/mol. The second-order valence-corrected chi connectivity index (χ2v) is 7.69. The first-order valence-corrected chi connectivity index (χ1v) is 8.89. The number of carbonyl (C=O) groups is 1. The Balaban J connectivity index is 2.23. The number of hydrogen-bond donors (Lipinski definition) is 1. The smallest absolute Gasteiger partial charge is 0.234 e. The van der Waals surface area contributed by atoms with Crippen molar-refractivity contribution in [2.75, 3.05) is 13.6 Å². The van der Waals surface area contributed by atoms with E-state index in [1.807, 2.05) is 11.9 Å². The van der Waals surface area contributed by atoms with Crippen molar-refractivity contribution in [3.63, 3.8) is 0 Å².